The van der Waals surface area contributed by atoms with Crippen LogP contribution in [0.4, 0.5) is 4.39 Å². The van der Waals surface area contributed by atoms with Crippen LogP contribution in [0, 0.1) is 11.8 Å². The summed E-state index contributed by atoms with van der Waals surface area (Å²) in [6.45, 7) is 8.01. The van der Waals surface area contributed by atoms with Crippen molar-refractivity contribution in [2.75, 3.05) is 26.2 Å². The lowest BCUT2D eigenvalue weighted by atomic mass is 9.93. The zero-order valence-corrected chi connectivity index (χ0v) is 25.3. The highest BCUT2D eigenvalue weighted by Crippen LogP contribution is 2.47. The van der Waals surface area contributed by atoms with Crippen molar-refractivity contribution >= 4 is 40.1 Å². The van der Waals surface area contributed by atoms with Gasteiger partial charge in [-0.3, -0.25) is 4.68 Å². The van der Waals surface area contributed by atoms with Crippen molar-refractivity contribution in [1.82, 2.24) is 24.2 Å². The Morgan fingerprint density at radius 2 is 1.86 bits per heavy atom. The lowest BCUT2D eigenvalue weighted by molar-refractivity contribution is -0.146. The lowest BCUT2D eigenvalue weighted by Gasteiger charge is -2.17. The third-order valence-corrected chi connectivity index (χ3v) is 10.2. The Bertz CT molecular complexity index is 1640. The standard InChI is InChI=1S/C32H34Cl2FN5O2/c1-3-38-13-21-9-20(10-22(21)14-38)18-5-7-19(8-6-18)24-12-26(33)25-16-40(37-29(25)28(24)34)31(32(41)42-4-2)30-27-11-23(35)15-39(27)17-36-30/h5-8,12,16-17,20-23,31H,3-4,9-11,13-15H2,1-2H3/t20?,21-,22+,23?,31?. The van der Waals surface area contributed by atoms with Crippen molar-refractivity contribution in [1.29, 1.82) is 0 Å². The van der Waals surface area contributed by atoms with Gasteiger partial charge in [0.1, 0.15) is 11.7 Å². The number of hydrogen-bond acceptors (Lipinski definition) is 5. The van der Waals surface area contributed by atoms with Crippen molar-refractivity contribution in [3.8, 4) is 11.1 Å². The summed E-state index contributed by atoms with van der Waals surface area (Å²) in [6, 6.07) is 9.55. The minimum absolute atomic E-state index is 0.188. The first-order valence-corrected chi connectivity index (χ1v) is 15.6. The van der Waals surface area contributed by atoms with E-state index < -0.39 is 18.2 Å². The van der Waals surface area contributed by atoms with E-state index in [2.05, 4.69) is 41.1 Å². The fraction of sp³-hybridized carbons (Fsp3) is 0.469. The van der Waals surface area contributed by atoms with Crippen molar-refractivity contribution in [3.05, 3.63) is 69.9 Å². The van der Waals surface area contributed by atoms with Crippen LogP contribution in [0.3, 0.4) is 0 Å². The van der Waals surface area contributed by atoms with E-state index in [0.29, 0.717) is 38.3 Å². The molecule has 3 aliphatic rings. The van der Waals surface area contributed by atoms with Crippen LogP contribution in [0.2, 0.25) is 10.0 Å². The molecule has 1 aliphatic carbocycles. The van der Waals surface area contributed by atoms with Gasteiger partial charge in [0.15, 0.2) is 6.04 Å². The first-order valence-electron chi connectivity index (χ1n) is 14.9. The normalized spacial score (nSPS) is 24.3. The SMILES string of the molecule is CCOC(=O)C(c1ncn2c1CC(F)C2)n1cc2c(Cl)cc(-c3ccc(C4C[C@@H]5CN(CC)C[C@@H]5C4)cc3)c(Cl)c2n1. The van der Waals surface area contributed by atoms with Gasteiger partial charge >= 0.3 is 5.97 Å². The molecule has 3 unspecified atom stereocenters. The highest BCUT2D eigenvalue weighted by atomic mass is 35.5. The molecule has 4 heterocycles. The molecule has 1 saturated heterocycles. The van der Waals surface area contributed by atoms with Crippen LogP contribution in [-0.4, -0.2) is 62.6 Å². The van der Waals surface area contributed by atoms with E-state index >= 15 is 0 Å². The fourth-order valence-electron chi connectivity index (χ4n) is 7.41. The molecule has 42 heavy (non-hydrogen) atoms. The number of ether oxygens (including phenoxy) is 1. The maximum atomic E-state index is 14.2. The van der Waals surface area contributed by atoms with E-state index in [0.717, 1.165) is 29.5 Å². The van der Waals surface area contributed by atoms with Gasteiger partial charge in [0.25, 0.3) is 0 Å². The minimum atomic E-state index is -1.01. The number of nitrogens with zero attached hydrogens (tertiary/aromatic N) is 5. The monoisotopic (exact) mass is 609 g/mol. The number of fused-ring (bicyclic) bond motifs is 3. The van der Waals surface area contributed by atoms with Crippen LogP contribution in [0.15, 0.2) is 42.9 Å². The number of halogens is 3. The topological polar surface area (TPSA) is 65.2 Å². The molecule has 7 rings (SSSR count). The maximum Gasteiger partial charge on any atom is 0.337 e. The summed E-state index contributed by atoms with van der Waals surface area (Å²) >= 11 is 13.8. The number of carbonyl (C=O) groups excluding carboxylic acids is 1. The number of esters is 1. The number of aromatic nitrogens is 4. The van der Waals surface area contributed by atoms with Crippen LogP contribution < -0.4 is 0 Å². The Balaban J connectivity index is 1.20. The molecule has 220 valence electrons. The fourth-order valence-corrected chi connectivity index (χ4v) is 7.96. The molecule has 2 fully saturated rings. The molecule has 0 N–H and O–H groups in total. The molecule has 5 atom stereocenters. The van der Waals surface area contributed by atoms with Crippen molar-refractivity contribution in [2.45, 2.75) is 57.8 Å². The summed E-state index contributed by atoms with van der Waals surface area (Å²) in [4.78, 5) is 20.2. The van der Waals surface area contributed by atoms with E-state index in [1.807, 2.05) is 6.07 Å². The first-order chi connectivity index (χ1) is 20.3. The molecule has 2 aromatic heterocycles. The third-order valence-electron chi connectivity index (χ3n) is 9.49. The largest absolute Gasteiger partial charge is 0.464 e. The van der Waals surface area contributed by atoms with Crippen LogP contribution >= 0.6 is 23.2 Å². The molecular weight excluding hydrogens is 576 g/mol. The van der Waals surface area contributed by atoms with E-state index in [4.69, 9.17) is 33.0 Å². The predicted molar refractivity (Wildman–Crippen MR) is 162 cm³/mol. The van der Waals surface area contributed by atoms with Crippen LogP contribution in [0.1, 0.15) is 55.6 Å². The van der Waals surface area contributed by atoms with E-state index in [1.165, 1.54) is 36.2 Å². The Labute approximate surface area is 254 Å². The summed E-state index contributed by atoms with van der Waals surface area (Å²) in [5.41, 5.74) is 4.71. The Morgan fingerprint density at radius 1 is 1.12 bits per heavy atom. The third kappa shape index (κ3) is 4.72. The molecule has 0 bridgehead atoms. The molecule has 2 aliphatic heterocycles. The number of imidazole rings is 1. The van der Waals surface area contributed by atoms with Gasteiger partial charge in [-0.15, -0.1) is 0 Å². The lowest BCUT2D eigenvalue weighted by Crippen LogP contribution is -2.25. The molecule has 0 amide bonds. The Hall–Kier alpha value is -2.94. The molecule has 4 aromatic rings. The number of likely N-dealkylation sites (tertiary alicyclic amines) is 1. The van der Waals surface area contributed by atoms with E-state index in [9.17, 15) is 9.18 Å². The predicted octanol–water partition coefficient (Wildman–Crippen LogP) is 6.70. The van der Waals surface area contributed by atoms with Crippen molar-refractivity contribution < 1.29 is 13.9 Å². The summed E-state index contributed by atoms with van der Waals surface area (Å²) in [5, 5.41) is 6.29. The second kappa shape index (κ2) is 11.0. The van der Waals surface area contributed by atoms with Gasteiger partial charge in [0, 0.05) is 42.4 Å². The zero-order chi connectivity index (χ0) is 29.1. The Kier molecular flexibility index (Phi) is 7.27. The second-order valence-corrected chi connectivity index (χ2v) is 12.7. The van der Waals surface area contributed by atoms with Crippen LogP contribution in [0.25, 0.3) is 22.0 Å². The van der Waals surface area contributed by atoms with Crippen LogP contribution in [-0.2, 0) is 22.5 Å². The number of alkyl halides is 1. The van der Waals surface area contributed by atoms with Gasteiger partial charge in [0.05, 0.1) is 35.2 Å². The summed E-state index contributed by atoms with van der Waals surface area (Å²) in [6.07, 6.45) is 4.95. The number of benzene rings is 2. The highest BCUT2D eigenvalue weighted by molar-refractivity contribution is 6.42. The number of hydrogen-bond donors (Lipinski definition) is 0. The summed E-state index contributed by atoms with van der Waals surface area (Å²) < 4.78 is 22.8. The molecule has 0 radical (unpaired) electrons. The van der Waals surface area contributed by atoms with E-state index in [1.54, 1.807) is 24.0 Å². The van der Waals surface area contributed by atoms with Gasteiger partial charge in [-0.1, -0.05) is 54.4 Å². The maximum absolute atomic E-state index is 14.2. The molecule has 7 nitrogen and oxygen atoms in total. The van der Waals surface area contributed by atoms with Gasteiger partial charge in [0.2, 0.25) is 0 Å². The van der Waals surface area contributed by atoms with Crippen molar-refractivity contribution in [3.63, 3.8) is 0 Å². The summed E-state index contributed by atoms with van der Waals surface area (Å²) in [5.74, 6) is 1.69. The minimum Gasteiger partial charge on any atom is -0.464 e. The Morgan fingerprint density at radius 3 is 2.55 bits per heavy atom. The average molecular weight is 611 g/mol. The molecule has 2 aromatic carbocycles. The molecule has 0 spiro atoms. The quantitative estimate of drug-likeness (QED) is 0.218. The molecular formula is C32H34Cl2FN5O2. The zero-order valence-electron chi connectivity index (χ0n) is 23.8. The van der Waals surface area contributed by atoms with Gasteiger partial charge in [-0.05, 0) is 61.3 Å². The smallest absolute Gasteiger partial charge is 0.337 e. The van der Waals surface area contributed by atoms with Gasteiger partial charge in [-0.2, -0.15) is 5.10 Å². The number of carbonyl (C=O) groups is 1. The highest BCUT2D eigenvalue weighted by Gasteiger charge is 2.40. The summed E-state index contributed by atoms with van der Waals surface area (Å²) in [7, 11) is 0. The molecule has 1 saturated carbocycles. The van der Waals surface area contributed by atoms with Crippen LogP contribution in [0.5, 0.6) is 0 Å². The number of rotatable bonds is 7. The average Bonchev–Trinajstić information content (AvgIpc) is 3.78. The van der Waals surface area contributed by atoms with Gasteiger partial charge < -0.3 is 14.2 Å². The van der Waals surface area contributed by atoms with E-state index in [-0.39, 0.29) is 19.6 Å². The molecule has 10 heteroatoms. The van der Waals surface area contributed by atoms with Crippen molar-refractivity contribution in [2.24, 2.45) is 11.8 Å². The van der Waals surface area contributed by atoms with Gasteiger partial charge in [-0.25, -0.2) is 14.2 Å². The second-order valence-electron chi connectivity index (χ2n) is 11.9. The first kappa shape index (κ1) is 27.9.